The molecule has 1 heterocycles. The third-order valence-electron chi connectivity index (χ3n) is 3.28. The van der Waals surface area contributed by atoms with Crippen LogP contribution in [0, 0.1) is 19.7 Å². The molecule has 2 aromatic rings. The largest absolute Gasteiger partial charge is 0.432 e. The predicted octanol–water partition coefficient (Wildman–Crippen LogP) is 3.39. The van der Waals surface area contributed by atoms with Gasteiger partial charge in [0.2, 0.25) is 0 Å². The van der Waals surface area contributed by atoms with Gasteiger partial charge >= 0.3 is 6.61 Å². The number of ether oxygens (including phenoxy) is 1. The molecule has 0 saturated carbocycles. The minimum Gasteiger partial charge on any atom is -0.432 e. The van der Waals surface area contributed by atoms with Gasteiger partial charge in [-0.1, -0.05) is 0 Å². The quantitative estimate of drug-likeness (QED) is 0.920. The van der Waals surface area contributed by atoms with Crippen LogP contribution in [0.3, 0.4) is 0 Å². The molecule has 21 heavy (non-hydrogen) atoms. The van der Waals surface area contributed by atoms with Crippen LogP contribution in [0.4, 0.5) is 18.9 Å². The molecular weight excluding hydrogens is 283 g/mol. The van der Waals surface area contributed by atoms with Crippen LogP contribution in [0.5, 0.6) is 5.75 Å². The highest BCUT2D eigenvalue weighted by Gasteiger charge is 2.12. The van der Waals surface area contributed by atoms with E-state index in [1.54, 1.807) is 4.68 Å². The maximum atomic E-state index is 13.6. The molecule has 0 bridgehead atoms. The number of hydrogen-bond donors (Lipinski definition) is 1. The zero-order chi connectivity index (χ0) is 15.6. The Kier molecular flexibility index (Phi) is 4.40. The highest BCUT2D eigenvalue weighted by atomic mass is 19.3. The van der Waals surface area contributed by atoms with Crippen LogP contribution in [-0.2, 0) is 13.6 Å². The number of aryl methyl sites for hydroxylation is 2. The van der Waals surface area contributed by atoms with E-state index in [-0.39, 0.29) is 0 Å². The summed E-state index contributed by atoms with van der Waals surface area (Å²) in [6.07, 6.45) is 0. The lowest BCUT2D eigenvalue weighted by Gasteiger charge is -2.10. The van der Waals surface area contributed by atoms with Crippen molar-refractivity contribution in [2.24, 2.45) is 7.05 Å². The number of anilines is 1. The zero-order valence-electron chi connectivity index (χ0n) is 12.0. The first-order valence-electron chi connectivity index (χ1n) is 6.35. The van der Waals surface area contributed by atoms with Gasteiger partial charge in [0.25, 0.3) is 0 Å². The molecule has 0 fully saturated rings. The summed E-state index contributed by atoms with van der Waals surface area (Å²) in [7, 11) is 1.85. The van der Waals surface area contributed by atoms with Crippen molar-refractivity contribution in [2.75, 3.05) is 5.32 Å². The average Bonchev–Trinajstić information content (AvgIpc) is 2.64. The van der Waals surface area contributed by atoms with E-state index in [1.807, 2.05) is 20.9 Å². The van der Waals surface area contributed by atoms with Gasteiger partial charge < -0.3 is 10.1 Å². The number of benzene rings is 1. The van der Waals surface area contributed by atoms with Gasteiger partial charge in [-0.25, -0.2) is 4.39 Å². The standard InChI is InChI=1S/C14H16F3N3O/c1-8-11(9(2)20(3)19-8)7-18-10-4-5-13(12(15)6-10)21-14(16)17/h4-6,14,18H,7H2,1-3H3. The first-order valence-corrected chi connectivity index (χ1v) is 6.35. The zero-order valence-corrected chi connectivity index (χ0v) is 12.0. The number of halogens is 3. The summed E-state index contributed by atoms with van der Waals surface area (Å²) in [6.45, 7) is 1.26. The van der Waals surface area contributed by atoms with Crippen molar-refractivity contribution >= 4 is 5.69 Å². The molecule has 0 atom stereocenters. The topological polar surface area (TPSA) is 39.1 Å². The van der Waals surface area contributed by atoms with Crippen molar-refractivity contribution in [2.45, 2.75) is 27.0 Å². The molecular formula is C14H16F3N3O. The van der Waals surface area contributed by atoms with E-state index in [0.717, 1.165) is 23.0 Å². The Hall–Kier alpha value is -2.18. The Balaban J connectivity index is 2.08. The fraction of sp³-hybridized carbons (Fsp3) is 0.357. The van der Waals surface area contributed by atoms with Gasteiger partial charge in [-0.15, -0.1) is 0 Å². The van der Waals surface area contributed by atoms with Gasteiger partial charge in [0, 0.05) is 36.6 Å². The van der Waals surface area contributed by atoms with E-state index in [0.29, 0.717) is 12.2 Å². The Morgan fingerprint density at radius 3 is 2.57 bits per heavy atom. The number of nitrogens with zero attached hydrogens (tertiary/aromatic N) is 2. The first-order chi connectivity index (χ1) is 9.88. The van der Waals surface area contributed by atoms with E-state index in [4.69, 9.17) is 0 Å². The summed E-state index contributed by atoms with van der Waals surface area (Å²) in [5, 5.41) is 7.33. The van der Waals surface area contributed by atoms with E-state index < -0.39 is 18.2 Å². The van der Waals surface area contributed by atoms with Gasteiger partial charge in [0.15, 0.2) is 11.6 Å². The maximum absolute atomic E-state index is 13.6. The SMILES string of the molecule is Cc1nn(C)c(C)c1CNc1ccc(OC(F)F)c(F)c1. The van der Waals surface area contributed by atoms with Crippen LogP contribution in [-0.4, -0.2) is 16.4 Å². The molecule has 0 spiro atoms. The van der Waals surface area contributed by atoms with Crippen LogP contribution in [0.1, 0.15) is 17.0 Å². The third kappa shape index (κ3) is 3.48. The highest BCUT2D eigenvalue weighted by Crippen LogP contribution is 2.23. The van der Waals surface area contributed by atoms with Crippen molar-refractivity contribution in [3.8, 4) is 5.75 Å². The summed E-state index contributed by atoms with van der Waals surface area (Å²) >= 11 is 0. The molecule has 0 aliphatic carbocycles. The summed E-state index contributed by atoms with van der Waals surface area (Å²) in [6, 6.07) is 3.79. The second-order valence-electron chi connectivity index (χ2n) is 4.65. The van der Waals surface area contributed by atoms with Crippen molar-refractivity contribution in [1.82, 2.24) is 9.78 Å². The van der Waals surface area contributed by atoms with Crippen molar-refractivity contribution in [1.29, 1.82) is 0 Å². The predicted molar refractivity (Wildman–Crippen MR) is 73.0 cm³/mol. The number of aromatic nitrogens is 2. The molecule has 0 aliphatic heterocycles. The molecule has 2 rings (SSSR count). The van der Waals surface area contributed by atoms with Crippen LogP contribution >= 0.6 is 0 Å². The summed E-state index contributed by atoms with van der Waals surface area (Å²) in [5.41, 5.74) is 3.40. The van der Waals surface area contributed by atoms with E-state index in [9.17, 15) is 13.2 Å². The maximum Gasteiger partial charge on any atom is 0.387 e. The van der Waals surface area contributed by atoms with Gasteiger partial charge in [-0.2, -0.15) is 13.9 Å². The fourth-order valence-electron chi connectivity index (χ4n) is 2.07. The second-order valence-corrected chi connectivity index (χ2v) is 4.65. The lowest BCUT2D eigenvalue weighted by Crippen LogP contribution is -2.05. The van der Waals surface area contributed by atoms with Gasteiger partial charge in [0.05, 0.1) is 5.69 Å². The van der Waals surface area contributed by atoms with Crippen molar-refractivity contribution in [3.63, 3.8) is 0 Å². The lowest BCUT2D eigenvalue weighted by molar-refractivity contribution is -0.0521. The number of nitrogens with one attached hydrogen (secondary N) is 1. The Bertz CT molecular complexity index is 641. The summed E-state index contributed by atoms with van der Waals surface area (Å²) in [5.74, 6) is -1.30. The van der Waals surface area contributed by atoms with Crippen LogP contribution in [0.25, 0.3) is 0 Å². The number of hydrogen-bond acceptors (Lipinski definition) is 3. The smallest absolute Gasteiger partial charge is 0.387 e. The molecule has 0 aliphatic rings. The number of alkyl halides is 2. The molecule has 0 radical (unpaired) electrons. The molecule has 0 saturated heterocycles. The van der Waals surface area contributed by atoms with E-state index >= 15 is 0 Å². The second kappa shape index (κ2) is 6.07. The van der Waals surface area contributed by atoms with Crippen LogP contribution in [0.15, 0.2) is 18.2 Å². The van der Waals surface area contributed by atoms with Gasteiger partial charge in [0.1, 0.15) is 0 Å². The lowest BCUT2D eigenvalue weighted by atomic mass is 10.2. The Morgan fingerprint density at radius 1 is 1.33 bits per heavy atom. The van der Waals surface area contributed by atoms with Gasteiger partial charge in [-0.3, -0.25) is 4.68 Å². The molecule has 7 heteroatoms. The van der Waals surface area contributed by atoms with E-state index in [1.165, 1.54) is 12.1 Å². The molecule has 0 unspecified atom stereocenters. The minimum absolute atomic E-state index is 0.468. The van der Waals surface area contributed by atoms with E-state index in [2.05, 4.69) is 15.2 Å². The molecule has 114 valence electrons. The molecule has 1 aromatic carbocycles. The third-order valence-corrected chi connectivity index (χ3v) is 3.28. The molecule has 4 nitrogen and oxygen atoms in total. The molecule has 1 aromatic heterocycles. The Labute approximate surface area is 120 Å². The normalized spacial score (nSPS) is 11.0. The van der Waals surface area contributed by atoms with Crippen molar-refractivity contribution < 1.29 is 17.9 Å². The monoisotopic (exact) mass is 299 g/mol. The molecule has 1 N–H and O–H groups in total. The highest BCUT2D eigenvalue weighted by molar-refractivity contribution is 5.48. The van der Waals surface area contributed by atoms with Gasteiger partial charge in [-0.05, 0) is 26.0 Å². The number of rotatable bonds is 5. The summed E-state index contributed by atoms with van der Waals surface area (Å²) in [4.78, 5) is 0. The van der Waals surface area contributed by atoms with Crippen molar-refractivity contribution in [3.05, 3.63) is 41.0 Å². The average molecular weight is 299 g/mol. The van der Waals surface area contributed by atoms with Crippen LogP contribution in [0.2, 0.25) is 0 Å². The Morgan fingerprint density at radius 2 is 2.05 bits per heavy atom. The minimum atomic E-state index is -3.04. The summed E-state index contributed by atoms with van der Waals surface area (Å²) < 4.78 is 43.5. The molecule has 0 amide bonds. The first kappa shape index (κ1) is 15.2. The fourth-order valence-corrected chi connectivity index (χ4v) is 2.07. The van der Waals surface area contributed by atoms with Crippen LogP contribution < -0.4 is 10.1 Å².